The number of benzene rings is 3. The Labute approximate surface area is 185 Å². The van der Waals surface area contributed by atoms with Gasteiger partial charge in [-0.25, -0.2) is 0 Å². The fourth-order valence-corrected chi connectivity index (χ4v) is 3.10. The van der Waals surface area contributed by atoms with Gasteiger partial charge in [-0.15, -0.1) is 0 Å². The molecule has 0 heterocycles. The number of hydrogen-bond acceptors (Lipinski definition) is 4. The Morgan fingerprint density at radius 1 is 0.871 bits per heavy atom. The predicted octanol–water partition coefficient (Wildman–Crippen LogP) is 4.32. The minimum Gasteiger partial charge on any atom is -0.376 e. The molecule has 0 aliphatic carbocycles. The maximum Gasteiger partial charge on any atom is 0.253 e. The Morgan fingerprint density at radius 3 is 2.19 bits per heavy atom. The number of carbonyl (C=O) groups excluding carboxylic acids is 3. The molecule has 2 N–H and O–H groups in total. The molecule has 0 aliphatic rings. The molecule has 0 aromatic heterocycles. The fraction of sp³-hybridized carbons (Fsp3) is 0.125. The van der Waals surface area contributed by atoms with Gasteiger partial charge in [-0.1, -0.05) is 41.9 Å². The molecule has 0 atom stereocenters. The average Bonchev–Trinajstić information content (AvgIpc) is 2.78. The first-order chi connectivity index (χ1) is 14.8. The van der Waals surface area contributed by atoms with Crippen LogP contribution in [0.4, 0.5) is 11.4 Å². The van der Waals surface area contributed by atoms with Crippen LogP contribution in [0.1, 0.15) is 26.3 Å². The summed E-state index contributed by atoms with van der Waals surface area (Å²) in [7, 11) is 3.37. The van der Waals surface area contributed by atoms with E-state index in [0.717, 1.165) is 0 Å². The van der Waals surface area contributed by atoms with Crippen molar-refractivity contribution in [3.05, 3.63) is 94.5 Å². The number of nitrogens with one attached hydrogen (secondary N) is 2. The van der Waals surface area contributed by atoms with Gasteiger partial charge in [0.05, 0.1) is 12.2 Å². The third-order valence-corrected chi connectivity index (χ3v) is 4.76. The number of carbonyl (C=O) groups is 3. The zero-order chi connectivity index (χ0) is 22.4. The number of ketones is 1. The van der Waals surface area contributed by atoms with Crippen LogP contribution >= 0.6 is 11.6 Å². The summed E-state index contributed by atoms with van der Waals surface area (Å²) in [5, 5.41) is 6.17. The minimum absolute atomic E-state index is 0.0113. The van der Waals surface area contributed by atoms with Crippen LogP contribution in [0.2, 0.25) is 5.02 Å². The van der Waals surface area contributed by atoms with E-state index in [0.29, 0.717) is 33.1 Å². The van der Waals surface area contributed by atoms with Crippen molar-refractivity contribution < 1.29 is 14.4 Å². The molecule has 2 amide bonds. The molecule has 0 saturated carbocycles. The minimum atomic E-state index is -0.321. The van der Waals surface area contributed by atoms with Crippen LogP contribution in [-0.4, -0.2) is 43.1 Å². The molecule has 0 saturated heterocycles. The molecule has 0 radical (unpaired) electrons. The largest absolute Gasteiger partial charge is 0.376 e. The highest BCUT2D eigenvalue weighted by Gasteiger charge is 2.16. The van der Waals surface area contributed by atoms with Gasteiger partial charge in [0, 0.05) is 41.5 Å². The molecule has 0 bridgehead atoms. The summed E-state index contributed by atoms with van der Waals surface area (Å²) in [6, 6.07) is 20.4. The predicted molar refractivity (Wildman–Crippen MR) is 123 cm³/mol. The van der Waals surface area contributed by atoms with E-state index in [1.54, 1.807) is 80.8 Å². The summed E-state index contributed by atoms with van der Waals surface area (Å²) >= 11 is 6.08. The van der Waals surface area contributed by atoms with Crippen molar-refractivity contribution >= 4 is 40.6 Å². The van der Waals surface area contributed by atoms with Gasteiger partial charge in [0.1, 0.15) is 0 Å². The summed E-state index contributed by atoms with van der Waals surface area (Å²) in [5.41, 5.74) is 2.47. The molecule has 7 heteroatoms. The number of rotatable bonds is 7. The van der Waals surface area contributed by atoms with Crippen molar-refractivity contribution in [1.29, 1.82) is 0 Å². The topological polar surface area (TPSA) is 78.5 Å². The molecule has 3 aromatic rings. The van der Waals surface area contributed by atoms with Crippen LogP contribution in [0.15, 0.2) is 72.8 Å². The van der Waals surface area contributed by atoms with Crippen molar-refractivity contribution in [2.75, 3.05) is 31.3 Å². The lowest BCUT2D eigenvalue weighted by molar-refractivity contribution is -0.114. The quantitative estimate of drug-likeness (QED) is 0.541. The Bertz CT molecular complexity index is 1100. The van der Waals surface area contributed by atoms with E-state index in [4.69, 9.17) is 11.6 Å². The highest BCUT2D eigenvalue weighted by Crippen LogP contribution is 2.24. The van der Waals surface area contributed by atoms with Gasteiger partial charge >= 0.3 is 0 Å². The first kappa shape index (κ1) is 22.1. The molecule has 6 nitrogen and oxygen atoms in total. The van der Waals surface area contributed by atoms with Crippen molar-refractivity contribution in [3.8, 4) is 0 Å². The molecule has 31 heavy (non-hydrogen) atoms. The summed E-state index contributed by atoms with van der Waals surface area (Å²) in [6.45, 7) is -0.0113. The first-order valence-electron chi connectivity index (χ1n) is 9.60. The van der Waals surface area contributed by atoms with E-state index in [1.165, 1.54) is 4.90 Å². The highest BCUT2D eigenvalue weighted by molar-refractivity contribution is 6.31. The van der Waals surface area contributed by atoms with E-state index in [2.05, 4.69) is 10.6 Å². The smallest absolute Gasteiger partial charge is 0.253 e. The Kier molecular flexibility index (Phi) is 7.05. The second-order valence-electron chi connectivity index (χ2n) is 7.06. The molecule has 3 rings (SSSR count). The van der Waals surface area contributed by atoms with Gasteiger partial charge in [0.25, 0.3) is 5.91 Å². The zero-order valence-corrected chi connectivity index (χ0v) is 17.9. The second kappa shape index (κ2) is 9.91. The standard InChI is InChI=1S/C24H22ClN3O3/c1-28(2)24(31)17-8-11-19(12-9-17)26-15-22(29)27-21-13-10-18(25)14-20(21)23(30)16-6-4-3-5-7-16/h3-14,26H,15H2,1-2H3,(H,27,29). The second-order valence-corrected chi connectivity index (χ2v) is 7.50. The number of hydrogen-bond donors (Lipinski definition) is 2. The highest BCUT2D eigenvalue weighted by atomic mass is 35.5. The molecule has 0 spiro atoms. The number of amides is 2. The molecule has 0 aliphatic heterocycles. The molecule has 158 valence electrons. The average molecular weight is 436 g/mol. The summed E-state index contributed by atoms with van der Waals surface area (Å²) < 4.78 is 0. The molecule has 0 fully saturated rings. The molecular weight excluding hydrogens is 414 g/mol. The van der Waals surface area contributed by atoms with Crippen LogP contribution in [0.5, 0.6) is 0 Å². The van der Waals surface area contributed by atoms with E-state index >= 15 is 0 Å². The van der Waals surface area contributed by atoms with Crippen molar-refractivity contribution in [2.24, 2.45) is 0 Å². The molecule has 3 aromatic carbocycles. The number of anilines is 2. The van der Waals surface area contributed by atoms with Crippen LogP contribution in [0, 0.1) is 0 Å². The lowest BCUT2D eigenvalue weighted by Crippen LogP contribution is -2.23. The third-order valence-electron chi connectivity index (χ3n) is 4.53. The SMILES string of the molecule is CN(C)C(=O)c1ccc(NCC(=O)Nc2ccc(Cl)cc2C(=O)c2ccccc2)cc1. The van der Waals surface area contributed by atoms with Crippen LogP contribution in [0.25, 0.3) is 0 Å². The molecule has 0 unspecified atom stereocenters. The van der Waals surface area contributed by atoms with Crippen LogP contribution in [-0.2, 0) is 4.79 Å². The van der Waals surface area contributed by atoms with Crippen LogP contribution < -0.4 is 10.6 Å². The van der Waals surface area contributed by atoms with Gasteiger partial charge < -0.3 is 15.5 Å². The van der Waals surface area contributed by atoms with E-state index < -0.39 is 0 Å². The Morgan fingerprint density at radius 2 is 1.55 bits per heavy atom. The third kappa shape index (κ3) is 5.71. The van der Waals surface area contributed by atoms with Gasteiger partial charge in [-0.2, -0.15) is 0 Å². The van der Waals surface area contributed by atoms with Crippen LogP contribution in [0.3, 0.4) is 0 Å². The lowest BCUT2D eigenvalue weighted by Gasteiger charge is -2.13. The normalized spacial score (nSPS) is 10.3. The Balaban J connectivity index is 1.67. The van der Waals surface area contributed by atoms with Gasteiger partial charge in [0.2, 0.25) is 5.91 Å². The van der Waals surface area contributed by atoms with E-state index in [1.807, 2.05) is 6.07 Å². The van der Waals surface area contributed by atoms with Crippen molar-refractivity contribution in [3.63, 3.8) is 0 Å². The van der Waals surface area contributed by atoms with Crippen molar-refractivity contribution in [1.82, 2.24) is 4.90 Å². The maximum atomic E-state index is 12.9. The fourth-order valence-electron chi connectivity index (χ4n) is 2.92. The van der Waals surface area contributed by atoms with E-state index in [9.17, 15) is 14.4 Å². The molecular formula is C24H22ClN3O3. The number of halogens is 1. The van der Waals surface area contributed by atoms with Gasteiger partial charge in [-0.05, 0) is 42.5 Å². The van der Waals surface area contributed by atoms with E-state index in [-0.39, 0.29) is 24.1 Å². The summed E-state index contributed by atoms with van der Waals surface area (Å²) in [4.78, 5) is 38.8. The zero-order valence-electron chi connectivity index (χ0n) is 17.2. The van der Waals surface area contributed by atoms with Crippen molar-refractivity contribution in [2.45, 2.75) is 0 Å². The Hall–Kier alpha value is -3.64. The first-order valence-corrected chi connectivity index (χ1v) is 9.97. The lowest BCUT2D eigenvalue weighted by atomic mass is 10.0. The van der Waals surface area contributed by atoms with Gasteiger partial charge in [0.15, 0.2) is 5.78 Å². The summed E-state index contributed by atoms with van der Waals surface area (Å²) in [5.74, 6) is -0.645. The summed E-state index contributed by atoms with van der Waals surface area (Å²) in [6.07, 6.45) is 0. The number of nitrogens with zero attached hydrogens (tertiary/aromatic N) is 1. The monoisotopic (exact) mass is 435 g/mol. The maximum absolute atomic E-state index is 12.9. The van der Waals surface area contributed by atoms with Gasteiger partial charge in [-0.3, -0.25) is 14.4 Å².